The molecule has 0 amide bonds. The molecule has 1 aliphatic rings. The van der Waals surface area contributed by atoms with Crippen LogP contribution in [0.4, 0.5) is 11.4 Å². The van der Waals surface area contributed by atoms with Gasteiger partial charge in [0.15, 0.2) is 11.3 Å². The molecule has 2 aromatic carbocycles. The topological polar surface area (TPSA) is 57.7 Å². The molecule has 6 heteroatoms. The smallest absolute Gasteiger partial charge is 0.191 e. The molecule has 0 bridgehead atoms. The molecule has 0 aromatic heterocycles. The van der Waals surface area contributed by atoms with E-state index in [9.17, 15) is 0 Å². The number of hydrazone groups is 1. The van der Waals surface area contributed by atoms with E-state index in [4.69, 9.17) is 17.0 Å². The predicted octanol–water partition coefficient (Wildman–Crippen LogP) is 3.44. The number of para-hydroxylation sites is 2. The van der Waals surface area contributed by atoms with Gasteiger partial charge in [0.25, 0.3) is 0 Å². The van der Waals surface area contributed by atoms with Gasteiger partial charge >= 0.3 is 0 Å². The van der Waals surface area contributed by atoms with Crippen LogP contribution in [0.1, 0.15) is 5.56 Å². The minimum atomic E-state index is -0.249. The van der Waals surface area contributed by atoms with Crippen LogP contribution in [0.3, 0.4) is 0 Å². The zero-order chi connectivity index (χ0) is 16.8. The number of nitrogens with zero attached hydrogens (tertiary/aromatic N) is 1. The van der Waals surface area contributed by atoms with Crippen molar-refractivity contribution in [1.82, 2.24) is 5.43 Å². The molecule has 0 radical (unpaired) electrons. The van der Waals surface area contributed by atoms with Gasteiger partial charge in [-0.15, -0.1) is 0 Å². The van der Waals surface area contributed by atoms with Gasteiger partial charge in [-0.25, -0.2) is 0 Å². The lowest BCUT2D eigenvalue weighted by molar-refractivity contribution is 0.158. The van der Waals surface area contributed by atoms with Gasteiger partial charge in [-0.2, -0.15) is 5.10 Å². The van der Waals surface area contributed by atoms with E-state index < -0.39 is 0 Å². The van der Waals surface area contributed by atoms with Gasteiger partial charge in [0.2, 0.25) is 0 Å². The van der Waals surface area contributed by atoms with Gasteiger partial charge < -0.3 is 15.4 Å². The Morgan fingerprint density at radius 3 is 2.71 bits per heavy atom. The number of methoxy groups -OCH3 is 1. The molecule has 3 N–H and O–H groups in total. The van der Waals surface area contributed by atoms with E-state index in [2.05, 4.69) is 21.2 Å². The average Bonchev–Trinajstić information content (AvgIpc) is 2.62. The third-order valence-corrected chi connectivity index (χ3v) is 3.71. The Morgan fingerprint density at radius 2 is 1.92 bits per heavy atom. The summed E-state index contributed by atoms with van der Waals surface area (Å²) in [6.45, 7) is 0. The normalized spacial score (nSPS) is 16.0. The highest BCUT2D eigenvalue weighted by Crippen LogP contribution is 2.26. The number of anilines is 2. The molecule has 3 rings (SSSR count). The van der Waals surface area contributed by atoms with Crippen LogP contribution in [0.25, 0.3) is 6.08 Å². The Bertz CT molecular complexity index is 774. The average molecular weight is 338 g/mol. The molecule has 5 nitrogen and oxygen atoms in total. The summed E-state index contributed by atoms with van der Waals surface area (Å²) < 4.78 is 5.47. The standard InChI is InChI=1S/C18H18N4OS/c1-23-17-14(11-13-7-5-6-10-16(13)21-17)12-19-22-18(24)20-15-8-3-2-4-9-15/h2-12,17,21H,1H3,(H2,20,22,24)/b19-12+. The molecule has 0 spiro atoms. The number of fused-ring (bicyclic) bond motifs is 1. The predicted molar refractivity (Wildman–Crippen MR) is 103 cm³/mol. The molecule has 2 aromatic rings. The highest BCUT2D eigenvalue weighted by molar-refractivity contribution is 7.80. The monoisotopic (exact) mass is 338 g/mol. The summed E-state index contributed by atoms with van der Waals surface area (Å²) in [6.07, 6.45) is 3.50. The van der Waals surface area contributed by atoms with Crippen molar-refractivity contribution in [1.29, 1.82) is 0 Å². The van der Waals surface area contributed by atoms with Gasteiger partial charge in [0, 0.05) is 24.1 Å². The van der Waals surface area contributed by atoms with Crippen LogP contribution in [0.15, 0.2) is 65.3 Å². The molecule has 24 heavy (non-hydrogen) atoms. The highest BCUT2D eigenvalue weighted by Gasteiger charge is 2.18. The minimum Gasteiger partial charge on any atom is -0.357 e. The van der Waals surface area contributed by atoms with Gasteiger partial charge in [0.05, 0.1) is 6.21 Å². The lowest BCUT2D eigenvalue weighted by atomic mass is 10.0. The lowest BCUT2D eigenvalue weighted by Crippen LogP contribution is -2.29. The summed E-state index contributed by atoms with van der Waals surface area (Å²) in [7, 11) is 1.66. The first kappa shape index (κ1) is 16.2. The summed E-state index contributed by atoms with van der Waals surface area (Å²) in [5.74, 6) is 0. The number of hydrogen-bond donors (Lipinski definition) is 3. The SMILES string of the molecule is COC1Nc2ccccc2C=C1/C=N/NC(=S)Nc1ccccc1. The summed E-state index contributed by atoms with van der Waals surface area (Å²) in [5, 5.41) is 11.0. The first-order valence-corrected chi connectivity index (χ1v) is 7.92. The number of rotatable bonds is 4. The van der Waals surface area contributed by atoms with Crippen molar-refractivity contribution in [2.24, 2.45) is 5.10 Å². The molecule has 0 saturated heterocycles. The van der Waals surface area contributed by atoms with Gasteiger partial charge in [0.1, 0.15) is 0 Å². The maximum atomic E-state index is 5.47. The Morgan fingerprint density at radius 1 is 1.17 bits per heavy atom. The zero-order valence-corrected chi connectivity index (χ0v) is 14.0. The Balaban J connectivity index is 1.65. The molecule has 122 valence electrons. The van der Waals surface area contributed by atoms with Crippen molar-refractivity contribution >= 4 is 41.0 Å². The molecule has 0 fully saturated rings. The fraction of sp³-hybridized carbons (Fsp3) is 0.111. The summed E-state index contributed by atoms with van der Waals surface area (Å²) in [5.41, 5.74) is 6.76. The summed E-state index contributed by atoms with van der Waals surface area (Å²) >= 11 is 5.22. The summed E-state index contributed by atoms with van der Waals surface area (Å²) in [6, 6.07) is 17.7. The Kier molecular flexibility index (Phi) is 5.20. The van der Waals surface area contributed by atoms with Crippen LogP contribution >= 0.6 is 12.2 Å². The third-order valence-electron chi connectivity index (χ3n) is 3.52. The van der Waals surface area contributed by atoms with Crippen molar-refractivity contribution < 1.29 is 4.74 Å². The molecule has 1 atom stereocenters. The van der Waals surface area contributed by atoms with Crippen LogP contribution in [-0.2, 0) is 4.74 Å². The lowest BCUT2D eigenvalue weighted by Gasteiger charge is -2.25. The van der Waals surface area contributed by atoms with Crippen LogP contribution in [0.2, 0.25) is 0 Å². The maximum absolute atomic E-state index is 5.47. The second-order valence-corrected chi connectivity index (χ2v) is 5.59. The second-order valence-electron chi connectivity index (χ2n) is 5.18. The van der Waals surface area contributed by atoms with E-state index in [1.54, 1.807) is 13.3 Å². The van der Waals surface area contributed by atoms with Crippen LogP contribution in [0.5, 0.6) is 0 Å². The molecular formula is C18H18N4OS. The molecule has 1 aliphatic heterocycles. The van der Waals surface area contributed by atoms with E-state index in [-0.39, 0.29) is 6.23 Å². The van der Waals surface area contributed by atoms with Crippen molar-refractivity contribution in [2.45, 2.75) is 6.23 Å². The quantitative estimate of drug-likeness (QED) is 0.453. The minimum absolute atomic E-state index is 0.249. The molecular weight excluding hydrogens is 320 g/mol. The second kappa shape index (κ2) is 7.72. The summed E-state index contributed by atoms with van der Waals surface area (Å²) in [4.78, 5) is 0. The van der Waals surface area contributed by atoms with Crippen molar-refractivity contribution in [3.8, 4) is 0 Å². The molecule has 0 aliphatic carbocycles. The first-order chi connectivity index (χ1) is 11.8. The van der Waals surface area contributed by atoms with E-state index >= 15 is 0 Å². The number of hydrogen-bond acceptors (Lipinski definition) is 4. The van der Waals surface area contributed by atoms with E-state index in [0.29, 0.717) is 5.11 Å². The number of benzene rings is 2. The highest BCUT2D eigenvalue weighted by atomic mass is 32.1. The largest absolute Gasteiger partial charge is 0.357 e. The number of ether oxygens (including phenoxy) is 1. The van der Waals surface area contributed by atoms with Gasteiger partial charge in [-0.05, 0) is 42.1 Å². The Labute approximate surface area is 146 Å². The van der Waals surface area contributed by atoms with Gasteiger partial charge in [-0.1, -0.05) is 36.4 Å². The van der Waals surface area contributed by atoms with Crippen molar-refractivity contribution in [3.63, 3.8) is 0 Å². The zero-order valence-electron chi connectivity index (χ0n) is 13.2. The number of nitrogens with one attached hydrogen (secondary N) is 3. The Hall–Kier alpha value is -2.70. The fourth-order valence-corrected chi connectivity index (χ4v) is 2.55. The molecule has 0 saturated carbocycles. The first-order valence-electron chi connectivity index (χ1n) is 7.51. The fourth-order valence-electron chi connectivity index (χ4n) is 2.38. The van der Waals surface area contributed by atoms with Crippen LogP contribution in [-0.4, -0.2) is 24.7 Å². The molecule has 1 unspecified atom stereocenters. The molecule has 1 heterocycles. The van der Waals surface area contributed by atoms with E-state index in [1.807, 2.05) is 60.7 Å². The van der Waals surface area contributed by atoms with E-state index in [1.165, 1.54) is 0 Å². The third kappa shape index (κ3) is 3.98. The van der Waals surface area contributed by atoms with Crippen molar-refractivity contribution in [2.75, 3.05) is 17.7 Å². The maximum Gasteiger partial charge on any atom is 0.191 e. The van der Waals surface area contributed by atoms with E-state index in [0.717, 1.165) is 22.5 Å². The number of thiocarbonyl (C=S) groups is 1. The van der Waals surface area contributed by atoms with Gasteiger partial charge in [-0.3, -0.25) is 5.43 Å². The van der Waals surface area contributed by atoms with Crippen molar-refractivity contribution in [3.05, 3.63) is 65.7 Å². The van der Waals surface area contributed by atoms with Crippen LogP contribution < -0.4 is 16.1 Å². The van der Waals surface area contributed by atoms with Crippen LogP contribution in [0, 0.1) is 0 Å².